The van der Waals surface area contributed by atoms with E-state index in [1.54, 1.807) is 55.5 Å². The number of hydrogen-bond donors (Lipinski definition) is 2. The van der Waals surface area contributed by atoms with Gasteiger partial charge in [-0.3, -0.25) is 14.4 Å². The molecule has 2 rings (SSSR count). The molecule has 0 spiro atoms. The number of nitrogens with one attached hydrogen (secondary N) is 2. The van der Waals surface area contributed by atoms with Gasteiger partial charge in [-0.2, -0.15) is 0 Å². The van der Waals surface area contributed by atoms with Gasteiger partial charge in [0.2, 0.25) is 5.91 Å². The highest BCUT2D eigenvalue weighted by molar-refractivity contribution is 9.10. The van der Waals surface area contributed by atoms with E-state index in [4.69, 9.17) is 0 Å². The number of carbonyl (C=O) groups is 3. The Hall–Kier alpha value is -2.47. The molecule has 0 aliphatic rings. The van der Waals surface area contributed by atoms with Crippen LogP contribution in [0.4, 0.5) is 0 Å². The molecule has 0 fully saturated rings. The number of halogens is 1. The summed E-state index contributed by atoms with van der Waals surface area (Å²) in [4.78, 5) is 37.6. The largest absolute Gasteiger partial charge is 0.352 e. The standard InChI is InChI=1S/C21H23BrN2O3/c1-4-13(2)23-20(26)14(3)24-21(27)18-8-6-5-7-17(18)19(25)15-9-11-16(22)12-10-15/h5-14H,4H2,1-3H3,(H,23,26)(H,24,27). The summed E-state index contributed by atoms with van der Waals surface area (Å²) in [6.07, 6.45) is 0.803. The van der Waals surface area contributed by atoms with E-state index >= 15 is 0 Å². The molecular formula is C21H23BrN2O3. The van der Waals surface area contributed by atoms with Gasteiger partial charge in [-0.05, 0) is 50.6 Å². The summed E-state index contributed by atoms with van der Waals surface area (Å²) in [5.74, 6) is -0.956. The smallest absolute Gasteiger partial charge is 0.252 e. The van der Waals surface area contributed by atoms with Crippen molar-refractivity contribution >= 4 is 33.5 Å². The number of benzene rings is 2. The fraction of sp³-hybridized carbons (Fsp3) is 0.286. The van der Waals surface area contributed by atoms with Crippen LogP contribution in [0.3, 0.4) is 0 Å². The van der Waals surface area contributed by atoms with Gasteiger partial charge in [-0.15, -0.1) is 0 Å². The van der Waals surface area contributed by atoms with E-state index in [-0.39, 0.29) is 23.3 Å². The second-order valence-corrected chi connectivity index (χ2v) is 7.31. The molecule has 2 amide bonds. The predicted octanol–water partition coefficient (Wildman–Crippen LogP) is 3.71. The zero-order valence-corrected chi connectivity index (χ0v) is 17.2. The van der Waals surface area contributed by atoms with Crippen molar-refractivity contribution in [2.45, 2.75) is 39.3 Å². The zero-order chi connectivity index (χ0) is 20.0. The van der Waals surface area contributed by atoms with Crippen LogP contribution >= 0.6 is 15.9 Å². The summed E-state index contributed by atoms with van der Waals surface area (Å²) in [5, 5.41) is 5.50. The number of ketones is 1. The zero-order valence-electron chi connectivity index (χ0n) is 15.6. The second-order valence-electron chi connectivity index (χ2n) is 6.39. The fourth-order valence-electron chi connectivity index (χ4n) is 2.45. The molecule has 142 valence electrons. The first-order valence-electron chi connectivity index (χ1n) is 8.84. The number of amides is 2. The van der Waals surface area contributed by atoms with Gasteiger partial charge in [-0.25, -0.2) is 0 Å². The fourth-order valence-corrected chi connectivity index (χ4v) is 2.71. The molecule has 2 atom stereocenters. The summed E-state index contributed by atoms with van der Waals surface area (Å²) in [6, 6.07) is 12.9. The summed E-state index contributed by atoms with van der Waals surface area (Å²) in [7, 11) is 0. The van der Waals surface area contributed by atoms with Gasteiger partial charge >= 0.3 is 0 Å². The minimum atomic E-state index is -0.706. The Kier molecular flexibility index (Phi) is 7.30. The first-order chi connectivity index (χ1) is 12.8. The lowest BCUT2D eigenvalue weighted by atomic mass is 9.98. The van der Waals surface area contributed by atoms with Crippen LogP contribution in [-0.4, -0.2) is 29.7 Å². The molecule has 0 aromatic heterocycles. The third-order valence-corrected chi connectivity index (χ3v) is 4.79. The molecule has 2 N–H and O–H groups in total. The molecule has 0 aliphatic heterocycles. The van der Waals surface area contributed by atoms with Crippen LogP contribution in [0, 0.1) is 0 Å². The Labute approximate surface area is 167 Å². The number of rotatable bonds is 7. The van der Waals surface area contributed by atoms with Crippen LogP contribution in [0.25, 0.3) is 0 Å². The van der Waals surface area contributed by atoms with Gasteiger partial charge in [0.25, 0.3) is 5.91 Å². The maximum absolute atomic E-state index is 12.8. The van der Waals surface area contributed by atoms with Gasteiger partial charge in [0.1, 0.15) is 6.04 Å². The monoisotopic (exact) mass is 430 g/mol. The van der Waals surface area contributed by atoms with E-state index < -0.39 is 11.9 Å². The van der Waals surface area contributed by atoms with E-state index in [9.17, 15) is 14.4 Å². The van der Waals surface area contributed by atoms with Gasteiger partial charge in [-0.1, -0.05) is 41.1 Å². The summed E-state index contributed by atoms with van der Waals surface area (Å²) in [5.41, 5.74) is 1.03. The predicted molar refractivity (Wildman–Crippen MR) is 109 cm³/mol. The van der Waals surface area contributed by atoms with E-state index in [0.717, 1.165) is 10.9 Å². The Morgan fingerprint density at radius 1 is 0.926 bits per heavy atom. The third kappa shape index (κ3) is 5.50. The third-order valence-electron chi connectivity index (χ3n) is 4.26. The Morgan fingerprint density at radius 2 is 1.52 bits per heavy atom. The number of hydrogen-bond acceptors (Lipinski definition) is 3. The summed E-state index contributed by atoms with van der Waals surface area (Å²) in [6.45, 7) is 5.49. The number of carbonyl (C=O) groups excluding carboxylic acids is 3. The van der Waals surface area contributed by atoms with E-state index in [2.05, 4.69) is 26.6 Å². The van der Waals surface area contributed by atoms with Crippen molar-refractivity contribution in [3.63, 3.8) is 0 Å². The van der Waals surface area contributed by atoms with Crippen LogP contribution in [0.5, 0.6) is 0 Å². The molecule has 2 aromatic rings. The van der Waals surface area contributed by atoms with Crippen LogP contribution in [0.2, 0.25) is 0 Å². The van der Waals surface area contributed by atoms with Crippen molar-refractivity contribution in [1.29, 1.82) is 0 Å². The van der Waals surface area contributed by atoms with Crippen LogP contribution in [0.1, 0.15) is 53.5 Å². The summed E-state index contributed by atoms with van der Waals surface area (Å²) >= 11 is 3.34. The molecule has 27 heavy (non-hydrogen) atoms. The van der Waals surface area contributed by atoms with Crippen molar-refractivity contribution in [3.8, 4) is 0 Å². The first kappa shape index (κ1) is 20.8. The van der Waals surface area contributed by atoms with Crippen LogP contribution in [0.15, 0.2) is 53.0 Å². The first-order valence-corrected chi connectivity index (χ1v) is 9.63. The van der Waals surface area contributed by atoms with Crippen molar-refractivity contribution < 1.29 is 14.4 Å². The normalized spacial score (nSPS) is 12.7. The molecule has 0 heterocycles. The highest BCUT2D eigenvalue weighted by atomic mass is 79.9. The highest BCUT2D eigenvalue weighted by Gasteiger charge is 2.22. The molecule has 0 radical (unpaired) electrons. The lowest BCUT2D eigenvalue weighted by Crippen LogP contribution is -2.47. The van der Waals surface area contributed by atoms with Crippen molar-refractivity contribution in [1.82, 2.24) is 10.6 Å². The average Bonchev–Trinajstić information content (AvgIpc) is 2.67. The molecular weight excluding hydrogens is 408 g/mol. The maximum atomic E-state index is 12.8. The molecule has 0 saturated carbocycles. The minimum Gasteiger partial charge on any atom is -0.352 e. The Balaban J connectivity index is 2.19. The molecule has 2 unspecified atom stereocenters. The maximum Gasteiger partial charge on any atom is 0.252 e. The van der Waals surface area contributed by atoms with Gasteiger partial charge in [0.15, 0.2) is 5.78 Å². The Morgan fingerprint density at radius 3 is 2.11 bits per heavy atom. The van der Waals surface area contributed by atoms with E-state index in [1.165, 1.54) is 0 Å². The molecule has 0 bridgehead atoms. The van der Waals surface area contributed by atoms with E-state index in [0.29, 0.717) is 11.1 Å². The van der Waals surface area contributed by atoms with Crippen molar-refractivity contribution in [2.24, 2.45) is 0 Å². The molecule has 6 heteroatoms. The highest BCUT2D eigenvalue weighted by Crippen LogP contribution is 2.17. The molecule has 0 aliphatic carbocycles. The van der Waals surface area contributed by atoms with Gasteiger partial charge in [0, 0.05) is 21.6 Å². The molecule has 5 nitrogen and oxygen atoms in total. The molecule has 0 saturated heterocycles. The molecule has 2 aromatic carbocycles. The lowest BCUT2D eigenvalue weighted by Gasteiger charge is -2.18. The quantitative estimate of drug-likeness (QED) is 0.657. The topological polar surface area (TPSA) is 75.3 Å². The van der Waals surface area contributed by atoms with Gasteiger partial charge in [0.05, 0.1) is 5.56 Å². The van der Waals surface area contributed by atoms with Crippen molar-refractivity contribution in [2.75, 3.05) is 0 Å². The minimum absolute atomic E-state index is 0.0307. The average molecular weight is 431 g/mol. The SMILES string of the molecule is CCC(C)NC(=O)C(C)NC(=O)c1ccccc1C(=O)c1ccc(Br)cc1. The van der Waals surface area contributed by atoms with E-state index in [1.807, 2.05) is 13.8 Å². The van der Waals surface area contributed by atoms with Crippen LogP contribution < -0.4 is 10.6 Å². The lowest BCUT2D eigenvalue weighted by molar-refractivity contribution is -0.123. The van der Waals surface area contributed by atoms with Crippen molar-refractivity contribution in [3.05, 3.63) is 69.7 Å². The summed E-state index contributed by atoms with van der Waals surface area (Å²) < 4.78 is 0.867. The van der Waals surface area contributed by atoms with Crippen LogP contribution in [-0.2, 0) is 4.79 Å². The Bertz CT molecular complexity index is 834. The van der Waals surface area contributed by atoms with Gasteiger partial charge < -0.3 is 10.6 Å². The second kappa shape index (κ2) is 9.46.